The van der Waals surface area contributed by atoms with Gasteiger partial charge in [0.2, 0.25) is 0 Å². The predicted octanol–water partition coefficient (Wildman–Crippen LogP) is 3.40. The number of halogens is 1. The van der Waals surface area contributed by atoms with Gasteiger partial charge in [-0.15, -0.1) is 11.6 Å². The molecule has 55 valence electrons. The van der Waals surface area contributed by atoms with E-state index in [0.717, 1.165) is 12.8 Å². The number of hydrogen-bond donors (Lipinski definition) is 0. The summed E-state index contributed by atoms with van der Waals surface area (Å²) >= 11 is 5.88. The fourth-order valence-corrected chi connectivity index (χ4v) is 0.833. The van der Waals surface area contributed by atoms with Crippen LogP contribution in [0.2, 0.25) is 0 Å². The lowest BCUT2D eigenvalue weighted by molar-refractivity contribution is 0.707. The van der Waals surface area contributed by atoms with Crippen LogP contribution in [0.1, 0.15) is 39.5 Å². The van der Waals surface area contributed by atoms with Gasteiger partial charge in [0, 0.05) is 5.38 Å². The third kappa shape index (κ3) is 6.17. The van der Waals surface area contributed by atoms with Gasteiger partial charge in [0.15, 0.2) is 0 Å². The minimum atomic E-state index is 0.396. The molecule has 1 unspecified atom stereocenters. The highest BCUT2D eigenvalue weighted by Crippen LogP contribution is 2.10. The number of rotatable bonds is 5. The Labute approximate surface area is 63.6 Å². The first-order valence-electron chi connectivity index (χ1n) is 3.77. The molecule has 0 N–H and O–H groups in total. The van der Waals surface area contributed by atoms with Crippen LogP contribution in [-0.2, 0) is 0 Å². The van der Waals surface area contributed by atoms with Gasteiger partial charge in [0.1, 0.15) is 0 Å². The zero-order valence-electron chi connectivity index (χ0n) is 6.36. The second kappa shape index (κ2) is 6.41. The molecule has 0 heterocycles. The van der Waals surface area contributed by atoms with Crippen molar-refractivity contribution >= 4 is 11.6 Å². The summed E-state index contributed by atoms with van der Waals surface area (Å²) in [7, 11) is 0. The average molecular weight is 148 g/mol. The highest BCUT2D eigenvalue weighted by molar-refractivity contribution is 6.20. The van der Waals surface area contributed by atoms with Crippen LogP contribution in [0.4, 0.5) is 0 Å². The molecule has 0 aromatic carbocycles. The molecule has 0 saturated carbocycles. The molecule has 0 rings (SSSR count). The van der Waals surface area contributed by atoms with Crippen LogP contribution in [0.3, 0.4) is 0 Å². The molecule has 0 spiro atoms. The maximum absolute atomic E-state index is 5.88. The fourth-order valence-electron chi connectivity index (χ4n) is 0.707. The number of alkyl halides is 1. The third-order valence-electron chi connectivity index (χ3n) is 1.42. The van der Waals surface area contributed by atoms with Crippen molar-refractivity contribution < 1.29 is 0 Å². The maximum atomic E-state index is 5.88. The average Bonchev–Trinajstić information content (AvgIpc) is 1.89. The monoisotopic (exact) mass is 147 g/mol. The molecule has 0 bridgehead atoms. The molecule has 0 amide bonds. The maximum Gasteiger partial charge on any atom is 0.0333 e. The van der Waals surface area contributed by atoms with Gasteiger partial charge in [0.05, 0.1) is 0 Å². The van der Waals surface area contributed by atoms with E-state index in [2.05, 4.69) is 20.3 Å². The SMILES string of the molecule is CC[CH]CCC(Cl)CC. The van der Waals surface area contributed by atoms with Crippen LogP contribution in [0.5, 0.6) is 0 Å². The smallest absolute Gasteiger partial charge is 0.0333 e. The van der Waals surface area contributed by atoms with Crippen LogP contribution < -0.4 is 0 Å². The standard InChI is InChI=1S/C8H16Cl/c1-3-5-6-7-8(9)4-2/h5,8H,3-4,6-7H2,1-2H3. The van der Waals surface area contributed by atoms with Gasteiger partial charge in [-0.05, 0) is 25.7 Å². The lowest BCUT2D eigenvalue weighted by Crippen LogP contribution is -1.94. The van der Waals surface area contributed by atoms with E-state index in [1.165, 1.54) is 12.8 Å². The second-order valence-corrected chi connectivity index (χ2v) is 2.90. The molecule has 0 aliphatic carbocycles. The van der Waals surface area contributed by atoms with Gasteiger partial charge in [-0.2, -0.15) is 0 Å². The van der Waals surface area contributed by atoms with Crippen LogP contribution in [0, 0.1) is 6.42 Å². The molecule has 0 saturated heterocycles. The van der Waals surface area contributed by atoms with E-state index in [9.17, 15) is 0 Å². The number of unbranched alkanes of at least 4 members (excludes halogenated alkanes) is 2. The normalized spacial score (nSPS) is 13.7. The molecule has 0 aliphatic heterocycles. The molecule has 0 nitrogen and oxygen atoms in total. The van der Waals surface area contributed by atoms with E-state index in [0.29, 0.717) is 5.38 Å². The summed E-state index contributed by atoms with van der Waals surface area (Å²) in [4.78, 5) is 0. The Balaban J connectivity index is 2.88. The highest BCUT2D eigenvalue weighted by atomic mass is 35.5. The Morgan fingerprint density at radius 3 is 2.56 bits per heavy atom. The molecule has 0 fully saturated rings. The van der Waals surface area contributed by atoms with Crippen molar-refractivity contribution in [2.45, 2.75) is 44.9 Å². The first-order valence-corrected chi connectivity index (χ1v) is 4.20. The molecule has 0 aromatic heterocycles. The molecule has 0 aromatic rings. The predicted molar refractivity (Wildman–Crippen MR) is 43.8 cm³/mol. The fraction of sp³-hybridized carbons (Fsp3) is 0.875. The summed E-state index contributed by atoms with van der Waals surface area (Å²) in [5.41, 5.74) is 0. The van der Waals surface area contributed by atoms with Gasteiger partial charge >= 0.3 is 0 Å². The van der Waals surface area contributed by atoms with Crippen molar-refractivity contribution in [1.82, 2.24) is 0 Å². The highest BCUT2D eigenvalue weighted by Gasteiger charge is 1.98. The van der Waals surface area contributed by atoms with E-state index in [-0.39, 0.29) is 0 Å². The van der Waals surface area contributed by atoms with E-state index in [1.807, 2.05) is 0 Å². The first kappa shape index (κ1) is 9.29. The van der Waals surface area contributed by atoms with Crippen molar-refractivity contribution in [1.29, 1.82) is 0 Å². The summed E-state index contributed by atoms with van der Waals surface area (Å²) in [5, 5.41) is 0.396. The lowest BCUT2D eigenvalue weighted by Gasteiger charge is -2.03. The number of hydrogen-bond acceptors (Lipinski definition) is 0. The Morgan fingerprint density at radius 2 is 2.11 bits per heavy atom. The van der Waals surface area contributed by atoms with Crippen molar-refractivity contribution in [3.8, 4) is 0 Å². The minimum Gasteiger partial charge on any atom is -0.123 e. The zero-order chi connectivity index (χ0) is 7.11. The quantitative estimate of drug-likeness (QED) is 0.413. The summed E-state index contributed by atoms with van der Waals surface area (Å²) in [6, 6.07) is 0. The summed E-state index contributed by atoms with van der Waals surface area (Å²) in [6.07, 6.45) is 6.88. The van der Waals surface area contributed by atoms with Crippen molar-refractivity contribution in [3.05, 3.63) is 6.42 Å². The van der Waals surface area contributed by atoms with Crippen molar-refractivity contribution in [2.75, 3.05) is 0 Å². The minimum absolute atomic E-state index is 0.396. The van der Waals surface area contributed by atoms with Gasteiger partial charge < -0.3 is 0 Å². The lowest BCUT2D eigenvalue weighted by atomic mass is 10.1. The van der Waals surface area contributed by atoms with Crippen LogP contribution in [0.25, 0.3) is 0 Å². The molecular weight excluding hydrogens is 132 g/mol. The molecule has 0 aliphatic rings. The Hall–Kier alpha value is 0.290. The molecule has 1 heteroatoms. The second-order valence-electron chi connectivity index (χ2n) is 2.28. The third-order valence-corrected chi connectivity index (χ3v) is 1.94. The van der Waals surface area contributed by atoms with E-state index in [4.69, 9.17) is 11.6 Å². The summed E-state index contributed by atoms with van der Waals surface area (Å²) in [5.74, 6) is 0. The van der Waals surface area contributed by atoms with Crippen LogP contribution in [-0.4, -0.2) is 5.38 Å². The largest absolute Gasteiger partial charge is 0.123 e. The Morgan fingerprint density at radius 1 is 1.44 bits per heavy atom. The Kier molecular flexibility index (Phi) is 6.62. The van der Waals surface area contributed by atoms with Gasteiger partial charge in [-0.25, -0.2) is 0 Å². The van der Waals surface area contributed by atoms with Crippen molar-refractivity contribution in [3.63, 3.8) is 0 Å². The van der Waals surface area contributed by atoms with Crippen molar-refractivity contribution in [2.24, 2.45) is 0 Å². The summed E-state index contributed by atoms with van der Waals surface area (Å²) in [6.45, 7) is 4.29. The van der Waals surface area contributed by atoms with Gasteiger partial charge in [-0.1, -0.05) is 20.3 Å². The first-order chi connectivity index (χ1) is 4.31. The van der Waals surface area contributed by atoms with E-state index in [1.54, 1.807) is 0 Å². The van der Waals surface area contributed by atoms with Gasteiger partial charge in [0.25, 0.3) is 0 Å². The van der Waals surface area contributed by atoms with E-state index >= 15 is 0 Å². The molecule has 9 heavy (non-hydrogen) atoms. The van der Waals surface area contributed by atoms with Crippen LogP contribution in [0.15, 0.2) is 0 Å². The molecule has 1 radical (unpaired) electrons. The van der Waals surface area contributed by atoms with E-state index < -0.39 is 0 Å². The Bertz CT molecular complexity index is 52.5. The molecular formula is C8H16Cl. The van der Waals surface area contributed by atoms with Crippen LogP contribution >= 0.6 is 11.6 Å². The summed E-state index contributed by atoms with van der Waals surface area (Å²) < 4.78 is 0. The van der Waals surface area contributed by atoms with Gasteiger partial charge in [-0.3, -0.25) is 0 Å². The zero-order valence-corrected chi connectivity index (χ0v) is 7.12. The molecule has 1 atom stereocenters. The topological polar surface area (TPSA) is 0 Å².